The molecule has 0 spiro atoms. The van der Waals surface area contributed by atoms with Crippen molar-refractivity contribution in [2.75, 3.05) is 0 Å². The molecule has 1 unspecified atom stereocenters. The Labute approximate surface area is 87.3 Å². The summed E-state index contributed by atoms with van der Waals surface area (Å²) in [6.45, 7) is 3.22. The van der Waals surface area contributed by atoms with Crippen molar-refractivity contribution in [3.05, 3.63) is 0 Å². The number of hydrogen-bond donors (Lipinski definition) is 1. The van der Waals surface area contributed by atoms with Gasteiger partial charge in [0.25, 0.3) is 11.8 Å². The van der Waals surface area contributed by atoms with E-state index in [1.54, 1.807) is 13.8 Å². The van der Waals surface area contributed by atoms with Crippen LogP contribution in [0.2, 0.25) is 0 Å². The zero-order valence-electron chi connectivity index (χ0n) is 8.73. The van der Waals surface area contributed by atoms with E-state index in [-0.39, 0.29) is 12.8 Å². The molecule has 0 saturated carbocycles. The van der Waals surface area contributed by atoms with Gasteiger partial charge >= 0.3 is 5.97 Å². The van der Waals surface area contributed by atoms with Gasteiger partial charge in [0.1, 0.15) is 0 Å². The highest BCUT2D eigenvalue weighted by Crippen LogP contribution is 2.22. The van der Waals surface area contributed by atoms with Gasteiger partial charge in [-0.3, -0.25) is 9.59 Å². The van der Waals surface area contributed by atoms with Crippen molar-refractivity contribution in [1.29, 1.82) is 0 Å². The van der Waals surface area contributed by atoms with Gasteiger partial charge in [0.05, 0.1) is 5.92 Å². The third kappa shape index (κ3) is 2.33. The summed E-state index contributed by atoms with van der Waals surface area (Å²) in [7, 11) is 0. The minimum Gasteiger partial charge on any atom is -0.330 e. The molecule has 0 radical (unpaired) electrons. The van der Waals surface area contributed by atoms with Crippen LogP contribution in [-0.4, -0.2) is 28.9 Å². The van der Waals surface area contributed by atoms with Crippen LogP contribution < -0.4 is 5.73 Å². The molecule has 1 saturated heterocycles. The zero-order valence-corrected chi connectivity index (χ0v) is 8.73. The van der Waals surface area contributed by atoms with Gasteiger partial charge < -0.3 is 10.6 Å². The van der Waals surface area contributed by atoms with Crippen LogP contribution in [0.15, 0.2) is 0 Å². The zero-order chi connectivity index (χ0) is 11.6. The summed E-state index contributed by atoms with van der Waals surface area (Å²) in [5, 5.41) is 0.528. The number of nitrogens with two attached hydrogens (primary N) is 1. The first-order valence-electron chi connectivity index (χ1n) is 4.80. The number of amides is 2. The molecule has 1 fully saturated rings. The average Bonchev–Trinajstić information content (AvgIpc) is 2.45. The van der Waals surface area contributed by atoms with Crippen molar-refractivity contribution in [1.82, 2.24) is 5.06 Å². The van der Waals surface area contributed by atoms with Crippen LogP contribution in [0.3, 0.4) is 0 Å². The van der Waals surface area contributed by atoms with Crippen molar-refractivity contribution in [2.24, 2.45) is 11.7 Å². The van der Waals surface area contributed by atoms with Crippen molar-refractivity contribution in [3.63, 3.8) is 0 Å². The highest BCUT2D eigenvalue weighted by molar-refractivity contribution is 6.03. The molecule has 84 valence electrons. The maximum Gasteiger partial charge on any atom is 0.332 e. The van der Waals surface area contributed by atoms with Crippen LogP contribution in [0.1, 0.15) is 26.7 Å². The lowest BCUT2D eigenvalue weighted by molar-refractivity contribution is -0.198. The second-order valence-electron chi connectivity index (χ2n) is 3.51. The van der Waals surface area contributed by atoms with Crippen LogP contribution in [0.25, 0.3) is 0 Å². The molecule has 0 aromatic heterocycles. The Kier molecular flexibility index (Phi) is 3.41. The second kappa shape index (κ2) is 4.39. The Morgan fingerprint density at radius 2 is 2.27 bits per heavy atom. The highest BCUT2D eigenvalue weighted by Gasteiger charge is 2.43. The third-order valence-electron chi connectivity index (χ3n) is 2.25. The van der Waals surface area contributed by atoms with E-state index in [0.29, 0.717) is 5.06 Å². The van der Waals surface area contributed by atoms with Gasteiger partial charge in [0.15, 0.2) is 0 Å². The number of carbonyl (C=O) groups is 3. The van der Waals surface area contributed by atoms with Crippen LogP contribution in [-0.2, 0) is 19.2 Å². The molecule has 6 nitrogen and oxygen atoms in total. The molecule has 0 aliphatic carbocycles. The second-order valence-corrected chi connectivity index (χ2v) is 3.51. The molecule has 1 rings (SSSR count). The number of carbonyl (C=O) groups excluding carboxylic acids is 3. The number of rotatable bonds is 3. The van der Waals surface area contributed by atoms with E-state index in [0.717, 1.165) is 0 Å². The molecule has 2 N–H and O–H groups in total. The fraction of sp³-hybridized carbons (Fsp3) is 0.667. The Morgan fingerprint density at radius 1 is 1.67 bits per heavy atom. The lowest BCUT2D eigenvalue weighted by atomic mass is 10.0. The van der Waals surface area contributed by atoms with E-state index < -0.39 is 29.7 Å². The minimum absolute atomic E-state index is 0.00743. The van der Waals surface area contributed by atoms with E-state index in [1.807, 2.05) is 0 Å². The van der Waals surface area contributed by atoms with Crippen molar-refractivity contribution in [3.8, 4) is 0 Å². The van der Waals surface area contributed by atoms with Gasteiger partial charge in [-0.2, -0.15) is 0 Å². The smallest absolute Gasteiger partial charge is 0.330 e. The molecule has 1 aliphatic heterocycles. The first-order valence-corrected chi connectivity index (χ1v) is 4.80. The maximum absolute atomic E-state index is 11.6. The molecule has 1 aliphatic rings. The SMILES string of the molecule is CCC(=O)ON1C(=O)CC([C@@H](C)N)C1=O. The monoisotopic (exact) mass is 214 g/mol. The van der Waals surface area contributed by atoms with Crippen molar-refractivity contribution < 1.29 is 19.2 Å². The molecule has 15 heavy (non-hydrogen) atoms. The molecular formula is C9H14N2O4. The van der Waals surface area contributed by atoms with E-state index in [4.69, 9.17) is 5.73 Å². The standard InChI is InChI=1S/C9H14N2O4/c1-3-8(13)15-11-7(12)4-6(5(2)10)9(11)14/h5-6H,3-4,10H2,1-2H3/t5-,6?/m1/s1. The van der Waals surface area contributed by atoms with Crippen LogP contribution >= 0.6 is 0 Å². The molecule has 0 aromatic carbocycles. The number of nitrogens with zero attached hydrogens (tertiary/aromatic N) is 1. The molecule has 6 heteroatoms. The summed E-state index contributed by atoms with van der Waals surface area (Å²) < 4.78 is 0. The minimum atomic E-state index is -0.609. The fourth-order valence-corrected chi connectivity index (χ4v) is 1.30. The van der Waals surface area contributed by atoms with Gasteiger partial charge in [-0.25, -0.2) is 4.79 Å². The van der Waals surface area contributed by atoms with Crippen molar-refractivity contribution in [2.45, 2.75) is 32.7 Å². The van der Waals surface area contributed by atoms with Crippen LogP contribution in [0.4, 0.5) is 0 Å². The number of hydrogen-bond acceptors (Lipinski definition) is 5. The van der Waals surface area contributed by atoms with E-state index in [1.165, 1.54) is 0 Å². The first-order chi connectivity index (χ1) is 6.97. The summed E-state index contributed by atoms with van der Waals surface area (Å²) in [4.78, 5) is 38.4. The van der Waals surface area contributed by atoms with Crippen LogP contribution in [0, 0.1) is 5.92 Å². The normalized spacial score (nSPS) is 23.1. The summed E-state index contributed by atoms with van der Waals surface area (Å²) in [5.41, 5.74) is 5.54. The Hall–Kier alpha value is -1.43. The molecule has 0 bridgehead atoms. The third-order valence-corrected chi connectivity index (χ3v) is 2.25. The van der Waals surface area contributed by atoms with Gasteiger partial charge in [-0.05, 0) is 6.92 Å². The Balaban J connectivity index is 2.71. The summed E-state index contributed by atoms with van der Waals surface area (Å²) in [6, 6.07) is -0.424. The lowest BCUT2D eigenvalue weighted by Crippen LogP contribution is -2.37. The number of hydroxylamine groups is 2. The first kappa shape index (κ1) is 11.6. The summed E-state index contributed by atoms with van der Waals surface area (Å²) >= 11 is 0. The predicted octanol–water partition coefficient (Wildman–Crippen LogP) is -0.423. The van der Waals surface area contributed by atoms with Gasteiger partial charge in [-0.1, -0.05) is 6.92 Å². The summed E-state index contributed by atoms with van der Waals surface area (Å²) in [5.74, 6) is -2.23. The van der Waals surface area contributed by atoms with E-state index in [9.17, 15) is 14.4 Å². The van der Waals surface area contributed by atoms with Gasteiger partial charge in [0.2, 0.25) is 0 Å². The van der Waals surface area contributed by atoms with E-state index in [2.05, 4.69) is 4.84 Å². The van der Waals surface area contributed by atoms with Crippen molar-refractivity contribution >= 4 is 17.8 Å². The number of imide groups is 1. The highest BCUT2D eigenvalue weighted by atomic mass is 16.7. The summed E-state index contributed by atoms with van der Waals surface area (Å²) in [6.07, 6.45) is 0.118. The van der Waals surface area contributed by atoms with Crippen LogP contribution in [0.5, 0.6) is 0 Å². The van der Waals surface area contributed by atoms with E-state index >= 15 is 0 Å². The molecule has 1 heterocycles. The van der Waals surface area contributed by atoms with Gasteiger partial charge in [-0.15, -0.1) is 5.06 Å². The van der Waals surface area contributed by atoms with Gasteiger partial charge in [0, 0.05) is 18.9 Å². The predicted molar refractivity (Wildman–Crippen MR) is 50.0 cm³/mol. The average molecular weight is 214 g/mol. The molecular weight excluding hydrogens is 200 g/mol. The Bertz CT molecular complexity index is 300. The lowest BCUT2D eigenvalue weighted by Gasteiger charge is -2.14. The molecule has 2 atom stereocenters. The topological polar surface area (TPSA) is 89.7 Å². The largest absolute Gasteiger partial charge is 0.332 e. The fourth-order valence-electron chi connectivity index (χ4n) is 1.30. The quantitative estimate of drug-likeness (QED) is 0.644. The maximum atomic E-state index is 11.6. The molecule has 0 aromatic rings. The molecule has 2 amide bonds. The Morgan fingerprint density at radius 3 is 2.67 bits per heavy atom.